The zero-order valence-electron chi connectivity index (χ0n) is 14.3. The zero-order chi connectivity index (χ0) is 18.6. The normalized spacial score (nSPS) is 22.7. The third-order valence-electron chi connectivity index (χ3n) is 4.74. The number of rotatable bonds is 1. The van der Waals surface area contributed by atoms with Crippen LogP contribution in [0.25, 0.3) is 0 Å². The Bertz CT molecular complexity index is 929. The van der Waals surface area contributed by atoms with Crippen LogP contribution in [0.5, 0.6) is 0 Å². The molecule has 1 aliphatic carbocycles. The lowest BCUT2D eigenvalue weighted by Gasteiger charge is -2.34. The Morgan fingerprint density at radius 3 is 2.73 bits per heavy atom. The third-order valence-corrected chi connectivity index (χ3v) is 4.74. The molecule has 1 aromatic carbocycles. The van der Waals surface area contributed by atoms with Gasteiger partial charge in [0.05, 0.1) is 0 Å². The Labute approximate surface area is 147 Å². The second kappa shape index (κ2) is 5.69. The monoisotopic (exact) mass is 362 g/mol. The number of hydrogen-bond acceptors (Lipinski definition) is 4. The van der Waals surface area contributed by atoms with Gasteiger partial charge < -0.3 is 5.32 Å². The van der Waals surface area contributed by atoms with Crippen LogP contribution in [0.2, 0.25) is 0 Å². The number of carbonyl (C=O) groups is 1. The fourth-order valence-electron chi connectivity index (χ4n) is 3.68. The molecule has 2 aromatic rings. The first-order chi connectivity index (χ1) is 12.2. The summed E-state index contributed by atoms with van der Waals surface area (Å²) in [5.74, 6) is -1.13. The van der Waals surface area contributed by atoms with Gasteiger partial charge in [0.1, 0.15) is 6.04 Å². The molecule has 0 spiro atoms. The number of benzene rings is 1. The van der Waals surface area contributed by atoms with Crippen molar-refractivity contribution in [3.63, 3.8) is 0 Å². The molecule has 0 saturated carbocycles. The molecule has 1 aromatic heterocycles. The van der Waals surface area contributed by atoms with Gasteiger partial charge in [-0.05, 0) is 24.8 Å². The van der Waals surface area contributed by atoms with Gasteiger partial charge in [-0.15, -0.1) is 5.10 Å². The Hall–Kier alpha value is -2.64. The van der Waals surface area contributed by atoms with Gasteiger partial charge in [-0.1, -0.05) is 36.8 Å². The van der Waals surface area contributed by atoms with Crippen molar-refractivity contribution in [2.24, 2.45) is 5.92 Å². The first-order valence-electron chi connectivity index (χ1n) is 8.37. The largest absolute Gasteiger partial charge is 0.453 e. The standard InChI is InChI=1S/C18H17F3N4O/c1-9-4-3-5-11(6-9)15-14-12(7-10(2)8-13(14)26)22-17-23-16(18(19,20)21)24-25(15)17/h3-6,10,15H,7-8H2,1-2H3,(H,22,23,24)/t10-,15+/m1/s1. The molecular weight excluding hydrogens is 345 g/mol. The maximum absolute atomic E-state index is 13.1. The second-order valence-electron chi connectivity index (χ2n) is 6.97. The summed E-state index contributed by atoms with van der Waals surface area (Å²) in [5.41, 5.74) is 2.81. The Morgan fingerprint density at radius 2 is 2.04 bits per heavy atom. The first-order valence-corrected chi connectivity index (χ1v) is 8.37. The van der Waals surface area contributed by atoms with Crippen LogP contribution < -0.4 is 5.32 Å². The summed E-state index contributed by atoms with van der Waals surface area (Å²) >= 11 is 0. The molecule has 2 atom stereocenters. The highest BCUT2D eigenvalue weighted by molar-refractivity contribution is 5.99. The van der Waals surface area contributed by atoms with Crippen LogP contribution in [0.3, 0.4) is 0 Å². The van der Waals surface area contributed by atoms with E-state index in [1.54, 1.807) is 6.07 Å². The van der Waals surface area contributed by atoms with Gasteiger partial charge in [-0.3, -0.25) is 4.79 Å². The topological polar surface area (TPSA) is 59.8 Å². The minimum absolute atomic E-state index is 0.0180. The molecule has 136 valence electrons. The van der Waals surface area contributed by atoms with E-state index in [0.29, 0.717) is 24.1 Å². The number of aryl methyl sites for hydroxylation is 1. The lowest BCUT2D eigenvalue weighted by atomic mass is 9.81. The third kappa shape index (κ3) is 2.69. The number of nitrogens with one attached hydrogen (secondary N) is 1. The number of hydrogen-bond donors (Lipinski definition) is 1. The minimum atomic E-state index is -4.65. The van der Waals surface area contributed by atoms with Gasteiger partial charge in [0.25, 0.3) is 5.82 Å². The minimum Gasteiger partial charge on any atom is -0.328 e. The van der Waals surface area contributed by atoms with Crippen LogP contribution in [0.1, 0.15) is 42.8 Å². The summed E-state index contributed by atoms with van der Waals surface area (Å²) < 4.78 is 40.6. The van der Waals surface area contributed by atoms with E-state index in [2.05, 4.69) is 15.4 Å². The Morgan fingerprint density at radius 1 is 1.27 bits per heavy atom. The molecule has 0 saturated heterocycles. The highest BCUT2D eigenvalue weighted by Gasteiger charge is 2.42. The quantitative estimate of drug-likeness (QED) is 0.837. The van der Waals surface area contributed by atoms with Crippen molar-refractivity contribution in [1.82, 2.24) is 14.8 Å². The van der Waals surface area contributed by atoms with Gasteiger partial charge in [0.2, 0.25) is 5.95 Å². The molecule has 8 heteroatoms. The number of nitrogens with zero attached hydrogens (tertiary/aromatic N) is 3. The van der Waals surface area contributed by atoms with E-state index in [-0.39, 0.29) is 17.6 Å². The predicted molar refractivity (Wildman–Crippen MR) is 88.4 cm³/mol. The van der Waals surface area contributed by atoms with Gasteiger partial charge >= 0.3 is 6.18 Å². The molecule has 0 bridgehead atoms. The summed E-state index contributed by atoms with van der Waals surface area (Å²) in [7, 11) is 0. The number of alkyl halides is 3. The van der Waals surface area contributed by atoms with E-state index in [1.807, 2.05) is 32.0 Å². The van der Waals surface area contributed by atoms with E-state index in [0.717, 1.165) is 11.1 Å². The smallest absolute Gasteiger partial charge is 0.328 e. The number of allylic oxidation sites excluding steroid dienone is 2. The van der Waals surface area contributed by atoms with Crippen molar-refractivity contribution in [3.8, 4) is 0 Å². The molecule has 1 aliphatic heterocycles. The number of halogens is 3. The van der Waals surface area contributed by atoms with E-state index < -0.39 is 18.0 Å². The van der Waals surface area contributed by atoms with Crippen molar-refractivity contribution in [1.29, 1.82) is 0 Å². The van der Waals surface area contributed by atoms with Crippen molar-refractivity contribution in [2.45, 2.75) is 38.9 Å². The molecule has 0 fully saturated rings. The average molecular weight is 362 g/mol. The summed E-state index contributed by atoms with van der Waals surface area (Å²) in [6, 6.07) is 6.69. The van der Waals surface area contributed by atoms with Crippen molar-refractivity contribution in [3.05, 3.63) is 52.5 Å². The van der Waals surface area contributed by atoms with Gasteiger partial charge in [-0.2, -0.15) is 18.2 Å². The predicted octanol–water partition coefficient (Wildman–Crippen LogP) is 3.87. The summed E-state index contributed by atoms with van der Waals surface area (Å²) in [6.07, 6.45) is -3.68. The molecule has 0 amide bonds. The molecule has 26 heavy (non-hydrogen) atoms. The lowest BCUT2D eigenvalue weighted by Crippen LogP contribution is -2.33. The highest BCUT2D eigenvalue weighted by atomic mass is 19.4. The van der Waals surface area contributed by atoms with E-state index >= 15 is 0 Å². The highest BCUT2D eigenvalue weighted by Crippen LogP contribution is 2.42. The van der Waals surface area contributed by atoms with Crippen LogP contribution in [0.4, 0.5) is 19.1 Å². The van der Waals surface area contributed by atoms with Gasteiger partial charge in [0, 0.05) is 17.7 Å². The van der Waals surface area contributed by atoms with Crippen molar-refractivity contribution >= 4 is 11.7 Å². The number of fused-ring (bicyclic) bond motifs is 1. The number of carbonyl (C=O) groups excluding carboxylic acids is 1. The van der Waals surface area contributed by atoms with Crippen LogP contribution in [-0.2, 0) is 11.0 Å². The van der Waals surface area contributed by atoms with Crippen LogP contribution >= 0.6 is 0 Å². The molecule has 0 radical (unpaired) electrons. The molecule has 2 aliphatic rings. The fourth-order valence-corrected chi connectivity index (χ4v) is 3.68. The number of aromatic nitrogens is 3. The molecule has 4 rings (SSSR count). The summed E-state index contributed by atoms with van der Waals surface area (Å²) in [5, 5.41) is 6.60. The Balaban J connectivity index is 1.92. The van der Waals surface area contributed by atoms with Crippen LogP contribution in [-0.4, -0.2) is 20.5 Å². The number of Topliss-reactive ketones (excluding diaryl/α,β-unsaturated/α-hetero) is 1. The molecule has 0 unspecified atom stereocenters. The van der Waals surface area contributed by atoms with Gasteiger partial charge in [-0.25, -0.2) is 4.68 Å². The maximum atomic E-state index is 13.1. The first kappa shape index (κ1) is 16.8. The molecular formula is C18H17F3N4O. The zero-order valence-corrected chi connectivity index (χ0v) is 14.3. The number of ketones is 1. The Kier molecular flexibility index (Phi) is 3.68. The molecule has 1 N–H and O–H groups in total. The van der Waals surface area contributed by atoms with Crippen LogP contribution in [0, 0.1) is 12.8 Å². The fraction of sp³-hybridized carbons (Fsp3) is 0.389. The summed E-state index contributed by atoms with van der Waals surface area (Å²) in [4.78, 5) is 16.4. The second-order valence-corrected chi connectivity index (χ2v) is 6.97. The van der Waals surface area contributed by atoms with Crippen molar-refractivity contribution < 1.29 is 18.0 Å². The van der Waals surface area contributed by atoms with Crippen molar-refractivity contribution in [2.75, 3.05) is 5.32 Å². The molecule has 2 heterocycles. The summed E-state index contributed by atoms with van der Waals surface area (Å²) in [6.45, 7) is 3.85. The number of anilines is 1. The maximum Gasteiger partial charge on any atom is 0.453 e. The average Bonchev–Trinajstić information content (AvgIpc) is 2.96. The lowest BCUT2D eigenvalue weighted by molar-refractivity contribution is -0.145. The molecule has 5 nitrogen and oxygen atoms in total. The SMILES string of the molecule is Cc1cccc([C@H]2C3=C(C[C@@H](C)CC3=O)Nc3nc(C(F)(F)F)nn32)c1. The van der Waals surface area contributed by atoms with E-state index in [4.69, 9.17) is 0 Å². The van der Waals surface area contributed by atoms with Gasteiger partial charge in [0.15, 0.2) is 5.78 Å². The van der Waals surface area contributed by atoms with E-state index in [9.17, 15) is 18.0 Å². The van der Waals surface area contributed by atoms with Crippen LogP contribution in [0.15, 0.2) is 35.5 Å². The van der Waals surface area contributed by atoms with E-state index in [1.165, 1.54) is 4.68 Å².